The van der Waals surface area contributed by atoms with Gasteiger partial charge in [0.05, 0.1) is 18.5 Å². The molecule has 5 nitrogen and oxygen atoms in total. The first-order chi connectivity index (χ1) is 10.3. The second kappa shape index (κ2) is 6.23. The van der Waals surface area contributed by atoms with Gasteiger partial charge in [0.15, 0.2) is 16.7 Å². The van der Waals surface area contributed by atoms with Crippen molar-refractivity contribution in [2.45, 2.75) is 6.54 Å². The van der Waals surface area contributed by atoms with E-state index < -0.39 is 0 Å². The van der Waals surface area contributed by atoms with Crippen molar-refractivity contribution in [3.63, 3.8) is 0 Å². The fourth-order valence-electron chi connectivity index (χ4n) is 1.77. The van der Waals surface area contributed by atoms with Crippen LogP contribution in [-0.2, 0) is 6.54 Å². The molecule has 3 aromatic rings. The Bertz CT molecular complexity index is 719. The van der Waals surface area contributed by atoms with E-state index in [2.05, 4.69) is 15.3 Å². The van der Waals surface area contributed by atoms with Crippen LogP contribution >= 0.6 is 11.3 Å². The highest BCUT2D eigenvalue weighted by atomic mass is 32.1. The van der Waals surface area contributed by atoms with Crippen molar-refractivity contribution in [2.24, 2.45) is 10.7 Å². The Morgan fingerprint density at radius 2 is 2.10 bits per heavy atom. The lowest BCUT2D eigenvalue weighted by Gasteiger charge is -2.04. The molecular formula is C15H14N4OS. The maximum absolute atomic E-state index is 5.85. The molecule has 0 radical (unpaired) electrons. The number of aromatic nitrogens is 1. The first kappa shape index (κ1) is 13.4. The summed E-state index contributed by atoms with van der Waals surface area (Å²) in [7, 11) is 0. The van der Waals surface area contributed by atoms with Gasteiger partial charge in [0, 0.05) is 11.1 Å². The lowest BCUT2D eigenvalue weighted by atomic mass is 10.3. The predicted molar refractivity (Wildman–Crippen MR) is 85.2 cm³/mol. The Labute approximate surface area is 126 Å². The van der Waals surface area contributed by atoms with Crippen molar-refractivity contribution in [2.75, 3.05) is 5.32 Å². The second-order valence-electron chi connectivity index (χ2n) is 4.31. The molecule has 0 spiro atoms. The van der Waals surface area contributed by atoms with Crippen LogP contribution in [0, 0.1) is 0 Å². The number of aliphatic imine (C=N–C) groups is 1. The lowest BCUT2D eigenvalue weighted by molar-refractivity contribution is 0.581. The molecule has 21 heavy (non-hydrogen) atoms. The number of nitrogens with two attached hydrogens (primary N) is 1. The monoisotopic (exact) mass is 298 g/mol. The van der Waals surface area contributed by atoms with Crippen molar-refractivity contribution in [1.82, 2.24) is 4.98 Å². The topological polar surface area (TPSA) is 76.4 Å². The molecule has 0 saturated carbocycles. The molecule has 0 unspecified atom stereocenters. The van der Waals surface area contributed by atoms with E-state index >= 15 is 0 Å². The fraction of sp³-hybridized carbons (Fsp3) is 0.0667. The highest BCUT2D eigenvalue weighted by Gasteiger charge is 2.06. The first-order valence-corrected chi connectivity index (χ1v) is 7.29. The average Bonchev–Trinajstić information content (AvgIpc) is 3.17. The van der Waals surface area contributed by atoms with Gasteiger partial charge in [-0.15, -0.1) is 11.3 Å². The Hall–Kier alpha value is -2.60. The number of nitrogens with zero attached hydrogens (tertiary/aromatic N) is 2. The van der Waals surface area contributed by atoms with E-state index in [9.17, 15) is 0 Å². The highest BCUT2D eigenvalue weighted by Crippen LogP contribution is 2.24. The van der Waals surface area contributed by atoms with E-state index in [1.54, 1.807) is 6.26 Å². The maximum Gasteiger partial charge on any atom is 0.193 e. The molecule has 106 valence electrons. The van der Waals surface area contributed by atoms with Crippen molar-refractivity contribution < 1.29 is 4.42 Å². The summed E-state index contributed by atoms with van der Waals surface area (Å²) >= 11 is 1.53. The molecule has 0 aliphatic heterocycles. The van der Waals surface area contributed by atoms with Crippen LogP contribution in [0.2, 0.25) is 0 Å². The summed E-state index contributed by atoms with van der Waals surface area (Å²) in [6.07, 6.45) is 1.64. The van der Waals surface area contributed by atoms with Gasteiger partial charge < -0.3 is 15.5 Å². The summed E-state index contributed by atoms with van der Waals surface area (Å²) in [5.41, 5.74) is 7.63. The highest BCUT2D eigenvalue weighted by molar-refractivity contribution is 7.13. The number of furan rings is 1. The minimum atomic E-state index is 0.369. The Morgan fingerprint density at radius 3 is 2.86 bits per heavy atom. The Morgan fingerprint density at radius 1 is 1.24 bits per heavy atom. The standard InChI is InChI=1S/C15H14N4OS/c16-15(19-11-5-2-1-3-6-11)17-9-12-10-21-14(18-12)13-7-4-8-20-13/h1-8,10H,9H2,(H3,16,17,19). The van der Waals surface area contributed by atoms with Crippen molar-refractivity contribution in [3.05, 3.63) is 59.8 Å². The molecule has 0 amide bonds. The molecule has 0 saturated heterocycles. The van der Waals surface area contributed by atoms with Crippen LogP contribution in [0.1, 0.15) is 5.69 Å². The molecule has 0 fully saturated rings. The first-order valence-electron chi connectivity index (χ1n) is 6.41. The second-order valence-corrected chi connectivity index (χ2v) is 5.17. The van der Waals surface area contributed by atoms with Gasteiger partial charge in [-0.1, -0.05) is 18.2 Å². The Kier molecular flexibility index (Phi) is 3.97. The molecule has 1 aromatic carbocycles. The normalized spacial score (nSPS) is 11.5. The minimum absolute atomic E-state index is 0.369. The van der Waals surface area contributed by atoms with Crippen molar-refractivity contribution in [3.8, 4) is 10.8 Å². The molecule has 3 rings (SSSR count). The van der Waals surface area contributed by atoms with E-state index in [4.69, 9.17) is 10.2 Å². The zero-order chi connectivity index (χ0) is 14.5. The summed E-state index contributed by atoms with van der Waals surface area (Å²) in [5.74, 6) is 1.14. The predicted octanol–water partition coefficient (Wildman–Crippen LogP) is 3.33. The number of hydrogen-bond acceptors (Lipinski definition) is 4. The number of guanidine groups is 1. The molecule has 0 bridgehead atoms. The van der Waals surface area contributed by atoms with Gasteiger partial charge in [0.1, 0.15) is 0 Å². The zero-order valence-electron chi connectivity index (χ0n) is 11.2. The number of nitrogens with one attached hydrogen (secondary N) is 1. The molecule has 0 atom stereocenters. The number of benzene rings is 1. The molecule has 2 heterocycles. The summed E-state index contributed by atoms with van der Waals surface area (Å²) in [6.45, 7) is 0.433. The fourth-order valence-corrected chi connectivity index (χ4v) is 2.55. The van der Waals surface area contributed by atoms with Crippen LogP contribution in [0.4, 0.5) is 5.69 Å². The summed E-state index contributed by atoms with van der Waals surface area (Å²) in [6, 6.07) is 13.4. The van der Waals surface area contributed by atoms with Gasteiger partial charge in [-0.3, -0.25) is 0 Å². The van der Waals surface area contributed by atoms with Crippen LogP contribution in [0.3, 0.4) is 0 Å². The van der Waals surface area contributed by atoms with Crippen LogP contribution in [0.25, 0.3) is 10.8 Å². The maximum atomic E-state index is 5.85. The molecule has 0 aliphatic carbocycles. The van der Waals surface area contributed by atoms with E-state index in [0.717, 1.165) is 22.1 Å². The summed E-state index contributed by atoms with van der Waals surface area (Å²) in [5, 5.41) is 5.83. The SMILES string of the molecule is NC(=NCc1csc(-c2ccco2)n1)Nc1ccccc1. The molecule has 3 N–H and O–H groups in total. The summed E-state index contributed by atoms with van der Waals surface area (Å²) < 4.78 is 5.31. The molecule has 2 aromatic heterocycles. The largest absolute Gasteiger partial charge is 0.462 e. The van der Waals surface area contributed by atoms with E-state index in [1.165, 1.54) is 11.3 Å². The molecular weight excluding hydrogens is 284 g/mol. The van der Waals surface area contributed by atoms with Crippen molar-refractivity contribution in [1.29, 1.82) is 0 Å². The van der Waals surface area contributed by atoms with Gasteiger partial charge in [-0.2, -0.15) is 0 Å². The number of thiazole rings is 1. The quantitative estimate of drug-likeness (QED) is 0.572. The van der Waals surface area contributed by atoms with E-state index in [1.807, 2.05) is 47.8 Å². The number of para-hydroxylation sites is 1. The third-order valence-electron chi connectivity index (χ3n) is 2.74. The van der Waals surface area contributed by atoms with Gasteiger partial charge in [0.2, 0.25) is 0 Å². The van der Waals surface area contributed by atoms with E-state index in [-0.39, 0.29) is 0 Å². The number of hydrogen-bond donors (Lipinski definition) is 2. The zero-order valence-corrected chi connectivity index (χ0v) is 12.0. The lowest BCUT2D eigenvalue weighted by Crippen LogP contribution is -2.22. The number of rotatable bonds is 4. The van der Waals surface area contributed by atoms with Gasteiger partial charge in [0.25, 0.3) is 0 Å². The van der Waals surface area contributed by atoms with Gasteiger partial charge in [-0.25, -0.2) is 9.98 Å². The third kappa shape index (κ3) is 3.49. The third-order valence-corrected chi connectivity index (χ3v) is 3.65. The van der Waals surface area contributed by atoms with Crippen LogP contribution in [0.5, 0.6) is 0 Å². The molecule has 6 heteroatoms. The average molecular weight is 298 g/mol. The van der Waals surface area contributed by atoms with Crippen LogP contribution in [0.15, 0.2) is 63.5 Å². The molecule has 0 aliphatic rings. The van der Waals surface area contributed by atoms with Crippen LogP contribution < -0.4 is 11.1 Å². The van der Waals surface area contributed by atoms with E-state index in [0.29, 0.717) is 12.5 Å². The van der Waals surface area contributed by atoms with Crippen molar-refractivity contribution >= 4 is 23.0 Å². The van der Waals surface area contributed by atoms with Gasteiger partial charge >= 0.3 is 0 Å². The Balaban J connectivity index is 1.63. The minimum Gasteiger partial charge on any atom is -0.462 e. The number of anilines is 1. The smallest absolute Gasteiger partial charge is 0.193 e. The summed E-state index contributed by atoms with van der Waals surface area (Å²) in [4.78, 5) is 8.75. The van der Waals surface area contributed by atoms with Crippen LogP contribution in [-0.4, -0.2) is 10.9 Å². The van der Waals surface area contributed by atoms with Gasteiger partial charge in [-0.05, 0) is 24.3 Å².